The molecule has 7 heteroatoms. The molecule has 2 aromatic carbocycles. The van der Waals surface area contributed by atoms with Gasteiger partial charge in [-0.05, 0) is 18.2 Å². The lowest BCUT2D eigenvalue weighted by Crippen LogP contribution is -2.39. The van der Waals surface area contributed by atoms with E-state index < -0.39 is 12.7 Å². The summed E-state index contributed by atoms with van der Waals surface area (Å²) < 4.78 is 38.9. The summed E-state index contributed by atoms with van der Waals surface area (Å²) in [4.78, 5) is 5.66. The number of rotatable bonds is 2. The van der Waals surface area contributed by atoms with Crippen molar-refractivity contribution in [1.82, 2.24) is 0 Å². The first-order valence-corrected chi connectivity index (χ1v) is 7.91. The Morgan fingerprint density at radius 1 is 1.12 bits per heavy atom. The Balaban J connectivity index is 2.16. The van der Waals surface area contributed by atoms with E-state index >= 15 is 0 Å². The maximum Gasteiger partial charge on any atom is 0.406 e. The monoisotopic (exact) mass is 368 g/mol. The average molecular weight is 369 g/mol. The lowest BCUT2D eigenvalue weighted by Gasteiger charge is -2.26. The fraction of sp³-hybridized carbons (Fsp3) is 0.176. The lowest BCUT2D eigenvalue weighted by atomic mass is 10.00. The number of halogens is 4. The molecule has 0 N–H and O–H groups in total. The quantitative estimate of drug-likeness (QED) is 0.701. The molecule has 124 valence electrons. The molecule has 0 fully saturated rings. The second kappa shape index (κ2) is 6.53. The topological polar surface area (TPSA) is 15.6 Å². The Hall–Kier alpha value is -1.92. The summed E-state index contributed by atoms with van der Waals surface area (Å²) in [7, 11) is 0. The molecule has 0 radical (unpaired) electrons. The van der Waals surface area contributed by atoms with E-state index in [1.807, 2.05) is 30.3 Å². The van der Waals surface area contributed by atoms with Gasteiger partial charge in [-0.1, -0.05) is 54.2 Å². The van der Waals surface area contributed by atoms with Crippen LogP contribution in [0.4, 0.5) is 18.9 Å². The summed E-state index contributed by atoms with van der Waals surface area (Å²) in [5, 5.41) is 0.428. The van der Waals surface area contributed by atoms with Gasteiger partial charge in [-0.3, -0.25) is 4.99 Å². The van der Waals surface area contributed by atoms with Crippen LogP contribution in [0.1, 0.15) is 11.1 Å². The Bertz CT molecular complexity index is 803. The highest BCUT2D eigenvalue weighted by Crippen LogP contribution is 2.32. The van der Waals surface area contributed by atoms with E-state index in [4.69, 9.17) is 23.8 Å². The first-order valence-electron chi connectivity index (χ1n) is 7.12. The maximum absolute atomic E-state index is 13.0. The van der Waals surface area contributed by atoms with Crippen molar-refractivity contribution in [3.05, 3.63) is 64.7 Å². The van der Waals surface area contributed by atoms with Gasteiger partial charge >= 0.3 is 6.18 Å². The number of fused-ring (bicyclic) bond motifs is 1. The van der Waals surface area contributed by atoms with Crippen LogP contribution in [-0.4, -0.2) is 30.0 Å². The van der Waals surface area contributed by atoms with Gasteiger partial charge in [0.05, 0.1) is 17.9 Å². The van der Waals surface area contributed by atoms with E-state index in [-0.39, 0.29) is 11.5 Å². The van der Waals surface area contributed by atoms with Crippen LogP contribution in [0.5, 0.6) is 0 Å². The van der Waals surface area contributed by atoms with Crippen LogP contribution in [0.3, 0.4) is 0 Å². The van der Waals surface area contributed by atoms with Crippen LogP contribution in [-0.2, 0) is 0 Å². The fourth-order valence-corrected chi connectivity index (χ4v) is 2.98. The second-order valence-electron chi connectivity index (χ2n) is 5.29. The van der Waals surface area contributed by atoms with E-state index in [0.717, 1.165) is 10.5 Å². The normalized spacial score (nSPS) is 14.9. The van der Waals surface area contributed by atoms with Crippen molar-refractivity contribution in [3.8, 4) is 0 Å². The molecule has 0 spiro atoms. The molecule has 2 aromatic rings. The smallest absolute Gasteiger partial charge is 0.325 e. The minimum atomic E-state index is -4.38. The zero-order valence-corrected chi connectivity index (χ0v) is 13.9. The van der Waals surface area contributed by atoms with Gasteiger partial charge < -0.3 is 4.90 Å². The van der Waals surface area contributed by atoms with E-state index in [0.29, 0.717) is 22.0 Å². The van der Waals surface area contributed by atoms with Crippen molar-refractivity contribution in [2.45, 2.75) is 6.18 Å². The highest BCUT2D eigenvalue weighted by atomic mass is 35.5. The second-order valence-corrected chi connectivity index (χ2v) is 6.20. The standard InChI is InChI=1S/C17H12ClF3N2S/c18-12-6-7-14-13(8-12)16(11-4-2-1-3-5-11)22-9-15(24)23(14)10-17(19,20)21/h1-8H,9-10H2. The molecular weight excluding hydrogens is 357 g/mol. The van der Waals surface area contributed by atoms with E-state index in [1.165, 1.54) is 0 Å². The van der Waals surface area contributed by atoms with Crippen molar-refractivity contribution in [3.63, 3.8) is 0 Å². The molecule has 1 heterocycles. The van der Waals surface area contributed by atoms with Crippen LogP contribution in [0.25, 0.3) is 0 Å². The van der Waals surface area contributed by atoms with Gasteiger partial charge in [0.2, 0.25) is 0 Å². The number of benzene rings is 2. The molecule has 0 aliphatic carbocycles. The Morgan fingerprint density at radius 3 is 2.50 bits per heavy atom. The zero-order valence-electron chi connectivity index (χ0n) is 12.3. The van der Waals surface area contributed by atoms with Crippen LogP contribution < -0.4 is 4.90 Å². The summed E-state index contributed by atoms with van der Waals surface area (Å²) in [5.74, 6) is 0. The van der Waals surface area contributed by atoms with Crippen molar-refractivity contribution >= 4 is 40.2 Å². The molecule has 2 nitrogen and oxygen atoms in total. The molecule has 3 rings (SSSR count). The average Bonchev–Trinajstić information content (AvgIpc) is 2.65. The summed E-state index contributed by atoms with van der Waals surface area (Å²) in [6, 6.07) is 14.0. The molecule has 24 heavy (non-hydrogen) atoms. The number of nitrogens with zero attached hydrogens (tertiary/aromatic N) is 2. The third kappa shape index (κ3) is 3.60. The maximum atomic E-state index is 13.0. The molecule has 0 bridgehead atoms. The SMILES string of the molecule is FC(F)(F)CN1C(=S)CN=C(c2ccccc2)c2cc(Cl)ccc21. The third-order valence-corrected chi connectivity index (χ3v) is 4.15. The Kier molecular flexibility index (Phi) is 4.60. The Labute approximate surface area is 147 Å². The minimum absolute atomic E-state index is 0.0158. The number of aliphatic imine (C=N–C) groups is 1. The van der Waals surface area contributed by atoms with Gasteiger partial charge in [0, 0.05) is 16.1 Å². The molecule has 0 aromatic heterocycles. The van der Waals surface area contributed by atoms with Gasteiger partial charge in [-0.25, -0.2) is 0 Å². The van der Waals surface area contributed by atoms with Gasteiger partial charge in [0.25, 0.3) is 0 Å². The van der Waals surface area contributed by atoms with Crippen LogP contribution >= 0.6 is 23.8 Å². The lowest BCUT2D eigenvalue weighted by molar-refractivity contribution is -0.117. The Morgan fingerprint density at radius 2 is 1.83 bits per heavy atom. The molecule has 0 amide bonds. The number of benzodiazepines with no additional fused rings is 1. The van der Waals surface area contributed by atoms with Crippen molar-refractivity contribution in [2.24, 2.45) is 4.99 Å². The molecule has 0 saturated heterocycles. The number of anilines is 1. The van der Waals surface area contributed by atoms with E-state index in [1.54, 1.807) is 18.2 Å². The highest BCUT2D eigenvalue weighted by molar-refractivity contribution is 7.80. The van der Waals surface area contributed by atoms with Gasteiger partial charge in [-0.15, -0.1) is 0 Å². The van der Waals surface area contributed by atoms with E-state index in [9.17, 15) is 13.2 Å². The molecule has 0 atom stereocenters. The highest BCUT2D eigenvalue weighted by Gasteiger charge is 2.34. The summed E-state index contributed by atoms with van der Waals surface area (Å²) in [6.07, 6.45) is -4.38. The van der Waals surface area contributed by atoms with Crippen molar-refractivity contribution in [1.29, 1.82) is 0 Å². The summed E-state index contributed by atoms with van der Waals surface area (Å²) in [5.41, 5.74) is 2.29. The predicted octanol–water partition coefficient (Wildman–Crippen LogP) is 4.89. The number of thiocarbonyl (C=S) groups is 1. The van der Waals surface area contributed by atoms with Crippen LogP contribution in [0, 0.1) is 0 Å². The predicted molar refractivity (Wildman–Crippen MR) is 94.4 cm³/mol. The first kappa shape index (κ1) is 16.9. The van der Waals surface area contributed by atoms with Gasteiger partial charge in [0.1, 0.15) is 11.5 Å². The van der Waals surface area contributed by atoms with Crippen molar-refractivity contribution in [2.75, 3.05) is 18.0 Å². The van der Waals surface area contributed by atoms with Crippen molar-refractivity contribution < 1.29 is 13.2 Å². The van der Waals surface area contributed by atoms with Crippen LogP contribution in [0.15, 0.2) is 53.5 Å². The summed E-state index contributed by atoms with van der Waals surface area (Å²) >= 11 is 11.3. The minimum Gasteiger partial charge on any atom is -0.325 e. The molecular formula is C17H12ClF3N2S. The largest absolute Gasteiger partial charge is 0.406 e. The third-order valence-electron chi connectivity index (χ3n) is 3.56. The van der Waals surface area contributed by atoms with Gasteiger partial charge in [0.15, 0.2) is 0 Å². The molecule has 0 saturated carbocycles. The number of hydrogen-bond acceptors (Lipinski definition) is 2. The van der Waals surface area contributed by atoms with E-state index in [2.05, 4.69) is 4.99 Å². The number of alkyl halides is 3. The first-order chi connectivity index (χ1) is 11.3. The molecule has 1 aliphatic heterocycles. The fourth-order valence-electron chi connectivity index (χ4n) is 2.58. The zero-order chi connectivity index (χ0) is 17.3. The van der Waals surface area contributed by atoms with Crippen LogP contribution in [0.2, 0.25) is 5.02 Å². The summed E-state index contributed by atoms with van der Waals surface area (Å²) in [6.45, 7) is -1.14. The molecule has 1 aliphatic rings. The van der Waals surface area contributed by atoms with Gasteiger partial charge in [-0.2, -0.15) is 13.2 Å². The number of hydrogen-bond donors (Lipinski definition) is 0. The molecule has 0 unspecified atom stereocenters.